The summed E-state index contributed by atoms with van der Waals surface area (Å²) >= 11 is 0. The van der Waals surface area contributed by atoms with Gasteiger partial charge in [-0.25, -0.2) is 4.79 Å². The zero-order valence-corrected chi connectivity index (χ0v) is 11.5. The number of hydrogen-bond acceptors (Lipinski definition) is 5. The molecular formula is C12H24N4O3. The molecule has 0 aromatic carbocycles. The van der Waals surface area contributed by atoms with Gasteiger partial charge in [-0.3, -0.25) is 4.79 Å². The monoisotopic (exact) mass is 272 g/mol. The van der Waals surface area contributed by atoms with Crippen LogP contribution in [0.25, 0.3) is 0 Å². The third-order valence-corrected chi connectivity index (χ3v) is 2.84. The molecule has 0 aliphatic carbocycles. The number of ether oxygens (including phenoxy) is 1. The number of hydrogen-bond donors (Lipinski definition) is 3. The van der Waals surface area contributed by atoms with Crippen molar-refractivity contribution in [3.05, 3.63) is 0 Å². The van der Waals surface area contributed by atoms with Gasteiger partial charge < -0.3 is 25.6 Å². The third kappa shape index (κ3) is 7.63. The van der Waals surface area contributed by atoms with Crippen LogP contribution in [0.4, 0.5) is 4.79 Å². The second-order valence-electron chi connectivity index (χ2n) is 4.36. The van der Waals surface area contributed by atoms with Crippen LogP contribution in [0.5, 0.6) is 0 Å². The fourth-order valence-corrected chi connectivity index (χ4v) is 1.87. The predicted molar refractivity (Wildman–Crippen MR) is 72.0 cm³/mol. The molecule has 3 N–H and O–H groups in total. The van der Waals surface area contributed by atoms with Gasteiger partial charge in [-0.15, -0.1) is 0 Å². The molecule has 0 atom stereocenters. The molecule has 0 radical (unpaired) electrons. The average molecular weight is 272 g/mol. The predicted octanol–water partition coefficient (Wildman–Crippen LogP) is -0.856. The summed E-state index contributed by atoms with van der Waals surface area (Å²) in [4.78, 5) is 24.7. The Morgan fingerprint density at radius 2 is 2.00 bits per heavy atom. The molecule has 0 aromatic heterocycles. The van der Waals surface area contributed by atoms with E-state index in [1.54, 1.807) is 6.92 Å². The van der Waals surface area contributed by atoms with Crippen molar-refractivity contribution in [3.8, 4) is 0 Å². The first kappa shape index (κ1) is 15.7. The van der Waals surface area contributed by atoms with Crippen molar-refractivity contribution in [2.45, 2.75) is 13.3 Å². The first-order valence-electron chi connectivity index (χ1n) is 6.82. The van der Waals surface area contributed by atoms with Gasteiger partial charge >= 0.3 is 12.0 Å². The first-order chi connectivity index (χ1) is 9.22. The summed E-state index contributed by atoms with van der Waals surface area (Å²) in [5.41, 5.74) is 0. The van der Waals surface area contributed by atoms with Crippen LogP contribution in [-0.2, 0) is 9.53 Å². The topological polar surface area (TPSA) is 82.7 Å². The van der Waals surface area contributed by atoms with Gasteiger partial charge in [0.15, 0.2) is 0 Å². The summed E-state index contributed by atoms with van der Waals surface area (Å²) in [5, 5.41) is 8.47. The fourth-order valence-electron chi connectivity index (χ4n) is 1.87. The van der Waals surface area contributed by atoms with Gasteiger partial charge in [-0.05, 0) is 19.9 Å². The number of amides is 2. The largest absolute Gasteiger partial charge is 0.465 e. The quantitative estimate of drug-likeness (QED) is 0.415. The average Bonchev–Trinajstić information content (AvgIpc) is 2.43. The summed E-state index contributed by atoms with van der Waals surface area (Å²) in [6.07, 6.45) is 0.910. The van der Waals surface area contributed by atoms with Crippen LogP contribution in [0.2, 0.25) is 0 Å². The maximum Gasteiger partial charge on any atom is 0.325 e. The molecule has 7 heteroatoms. The van der Waals surface area contributed by atoms with E-state index in [2.05, 4.69) is 20.9 Å². The van der Waals surface area contributed by atoms with Crippen LogP contribution in [0.1, 0.15) is 13.3 Å². The van der Waals surface area contributed by atoms with Gasteiger partial charge in [0, 0.05) is 32.7 Å². The zero-order chi connectivity index (χ0) is 13.9. The highest BCUT2D eigenvalue weighted by Crippen LogP contribution is 1.93. The smallest absolute Gasteiger partial charge is 0.325 e. The highest BCUT2D eigenvalue weighted by Gasteiger charge is 2.09. The standard InChI is InChI=1S/C12H24N4O3/c1-2-19-11(17)10-15-12(18)14-4-3-7-16-8-5-13-6-9-16/h13H,2-10H2,1H3,(H2,14,15,18). The number of esters is 1. The Morgan fingerprint density at radius 3 is 2.68 bits per heavy atom. The van der Waals surface area contributed by atoms with Gasteiger partial charge in [0.05, 0.1) is 6.61 Å². The van der Waals surface area contributed by atoms with Gasteiger partial charge in [0.25, 0.3) is 0 Å². The number of rotatable bonds is 7. The Hall–Kier alpha value is -1.34. The maximum absolute atomic E-state index is 11.3. The normalized spacial score (nSPS) is 15.8. The van der Waals surface area contributed by atoms with Crippen molar-refractivity contribution >= 4 is 12.0 Å². The number of carbonyl (C=O) groups is 2. The van der Waals surface area contributed by atoms with Crippen LogP contribution in [-0.4, -0.2) is 69.3 Å². The van der Waals surface area contributed by atoms with Crippen molar-refractivity contribution in [1.29, 1.82) is 0 Å². The summed E-state index contributed by atoms with van der Waals surface area (Å²) in [6, 6.07) is -0.326. The van der Waals surface area contributed by atoms with E-state index in [4.69, 9.17) is 4.74 Å². The van der Waals surface area contributed by atoms with Crippen LogP contribution >= 0.6 is 0 Å². The van der Waals surface area contributed by atoms with E-state index in [9.17, 15) is 9.59 Å². The molecule has 1 aliphatic rings. The lowest BCUT2D eigenvalue weighted by molar-refractivity contribution is -0.141. The Bertz CT molecular complexity index is 280. The molecule has 1 aliphatic heterocycles. The molecule has 1 rings (SSSR count). The van der Waals surface area contributed by atoms with E-state index in [1.165, 1.54) is 0 Å². The van der Waals surface area contributed by atoms with E-state index < -0.39 is 5.97 Å². The summed E-state index contributed by atoms with van der Waals surface area (Å²) in [6.45, 7) is 7.77. The minimum atomic E-state index is -0.418. The molecule has 0 aromatic rings. The molecule has 0 unspecified atom stereocenters. The Balaban J connectivity index is 1.96. The second-order valence-corrected chi connectivity index (χ2v) is 4.36. The molecule has 7 nitrogen and oxygen atoms in total. The van der Waals surface area contributed by atoms with Gasteiger partial charge in [0.2, 0.25) is 0 Å². The molecule has 0 bridgehead atoms. The lowest BCUT2D eigenvalue weighted by Crippen LogP contribution is -2.45. The molecule has 1 saturated heterocycles. The van der Waals surface area contributed by atoms with Gasteiger partial charge in [-0.2, -0.15) is 0 Å². The van der Waals surface area contributed by atoms with Crippen molar-refractivity contribution in [2.75, 3.05) is 52.4 Å². The number of nitrogens with zero attached hydrogens (tertiary/aromatic N) is 1. The Kier molecular flexibility index (Phi) is 7.92. The van der Waals surface area contributed by atoms with Crippen molar-refractivity contribution in [2.24, 2.45) is 0 Å². The highest BCUT2D eigenvalue weighted by molar-refractivity contribution is 5.80. The van der Waals surface area contributed by atoms with E-state index in [0.717, 1.165) is 39.1 Å². The van der Waals surface area contributed by atoms with Crippen LogP contribution in [0.3, 0.4) is 0 Å². The molecule has 0 saturated carbocycles. The first-order valence-corrected chi connectivity index (χ1v) is 6.82. The molecule has 110 valence electrons. The molecule has 0 spiro atoms. The van der Waals surface area contributed by atoms with E-state index >= 15 is 0 Å². The van der Waals surface area contributed by atoms with Crippen LogP contribution < -0.4 is 16.0 Å². The SMILES string of the molecule is CCOC(=O)CNC(=O)NCCCN1CCNCC1. The van der Waals surface area contributed by atoms with Crippen molar-refractivity contribution in [3.63, 3.8) is 0 Å². The molecule has 1 fully saturated rings. The molecule has 1 heterocycles. The van der Waals surface area contributed by atoms with Crippen LogP contribution in [0.15, 0.2) is 0 Å². The van der Waals surface area contributed by atoms with E-state index in [1.807, 2.05) is 0 Å². The lowest BCUT2D eigenvalue weighted by Gasteiger charge is -2.27. The summed E-state index contributed by atoms with van der Waals surface area (Å²) in [5.74, 6) is -0.418. The number of carbonyl (C=O) groups excluding carboxylic acids is 2. The van der Waals surface area contributed by atoms with Gasteiger partial charge in [-0.1, -0.05) is 0 Å². The fraction of sp³-hybridized carbons (Fsp3) is 0.833. The number of urea groups is 1. The minimum absolute atomic E-state index is 0.0858. The van der Waals surface area contributed by atoms with E-state index in [0.29, 0.717) is 13.2 Å². The van der Waals surface area contributed by atoms with Crippen molar-refractivity contribution in [1.82, 2.24) is 20.9 Å². The van der Waals surface area contributed by atoms with Crippen molar-refractivity contribution < 1.29 is 14.3 Å². The summed E-state index contributed by atoms with van der Waals surface area (Å²) in [7, 11) is 0. The Morgan fingerprint density at radius 1 is 1.26 bits per heavy atom. The van der Waals surface area contributed by atoms with Gasteiger partial charge in [0.1, 0.15) is 6.54 Å². The second kappa shape index (κ2) is 9.57. The molecule has 19 heavy (non-hydrogen) atoms. The number of piperazine rings is 1. The lowest BCUT2D eigenvalue weighted by atomic mass is 10.3. The van der Waals surface area contributed by atoms with Crippen LogP contribution in [0, 0.1) is 0 Å². The minimum Gasteiger partial charge on any atom is -0.465 e. The maximum atomic E-state index is 11.3. The Labute approximate surface area is 114 Å². The number of nitrogens with one attached hydrogen (secondary N) is 3. The third-order valence-electron chi connectivity index (χ3n) is 2.84. The zero-order valence-electron chi connectivity index (χ0n) is 11.5. The molecular weight excluding hydrogens is 248 g/mol. The highest BCUT2D eigenvalue weighted by atomic mass is 16.5. The molecule has 2 amide bonds. The van der Waals surface area contributed by atoms with E-state index in [-0.39, 0.29) is 12.6 Å². The summed E-state index contributed by atoms with van der Waals surface area (Å²) < 4.78 is 4.70.